The molecule has 3 heteroatoms. The maximum Gasteiger partial charge on any atom is 0.120 e. The molecule has 0 radical (unpaired) electrons. The second kappa shape index (κ2) is 4.32. The Labute approximate surface area is 108 Å². The molecule has 3 rings (SSSR count). The number of hydrogen-bond donors (Lipinski definition) is 1. The minimum absolute atomic E-state index is 0.676. The number of methoxy groups -OCH3 is 1. The lowest BCUT2D eigenvalue weighted by molar-refractivity contribution is 0.415. The number of nitrogens with two attached hydrogens (primary N) is 1. The van der Waals surface area contributed by atoms with Gasteiger partial charge in [-0.15, -0.1) is 0 Å². The molecular formula is C15H20N2O. The van der Waals surface area contributed by atoms with Gasteiger partial charge in [-0.2, -0.15) is 0 Å². The van der Waals surface area contributed by atoms with E-state index in [1.54, 1.807) is 7.11 Å². The maximum atomic E-state index is 5.76. The van der Waals surface area contributed by atoms with E-state index in [1.807, 2.05) is 6.07 Å². The Balaban J connectivity index is 2.25. The molecule has 1 aromatic heterocycles. The summed E-state index contributed by atoms with van der Waals surface area (Å²) in [6, 6.07) is 7.04. The van der Waals surface area contributed by atoms with Gasteiger partial charge in [0.15, 0.2) is 0 Å². The smallest absolute Gasteiger partial charge is 0.120 e. The highest BCUT2D eigenvalue weighted by molar-refractivity contribution is 5.87. The number of ether oxygens (including phenoxy) is 1. The van der Waals surface area contributed by atoms with E-state index >= 15 is 0 Å². The Hall–Kier alpha value is -1.48. The Morgan fingerprint density at radius 2 is 2.17 bits per heavy atom. The van der Waals surface area contributed by atoms with Gasteiger partial charge in [-0.25, -0.2) is 0 Å². The number of aryl methyl sites for hydroxylation is 1. The van der Waals surface area contributed by atoms with Crippen LogP contribution in [0.1, 0.15) is 30.1 Å². The van der Waals surface area contributed by atoms with Crippen LogP contribution in [-0.2, 0) is 6.42 Å². The summed E-state index contributed by atoms with van der Waals surface area (Å²) in [5.74, 6) is 0.932. The minimum Gasteiger partial charge on any atom is -0.497 e. The Morgan fingerprint density at radius 3 is 2.78 bits per heavy atom. The van der Waals surface area contributed by atoms with E-state index in [-0.39, 0.29) is 0 Å². The molecule has 0 amide bonds. The zero-order chi connectivity index (χ0) is 12.7. The Kier molecular flexibility index (Phi) is 2.78. The van der Waals surface area contributed by atoms with E-state index < -0.39 is 0 Å². The molecule has 1 saturated carbocycles. The van der Waals surface area contributed by atoms with Crippen LogP contribution in [0.3, 0.4) is 0 Å². The third kappa shape index (κ3) is 1.70. The summed E-state index contributed by atoms with van der Waals surface area (Å²) in [5, 5.41) is 1.34. The second-order valence-electron chi connectivity index (χ2n) is 5.09. The minimum atomic E-state index is 0.676. The number of benzene rings is 1. The third-order valence-corrected chi connectivity index (χ3v) is 3.89. The summed E-state index contributed by atoms with van der Waals surface area (Å²) < 4.78 is 7.83. The molecule has 0 atom stereocenters. The van der Waals surface area contributed by atoms with E-state index in [4.69, 9.17) is 10.5 Å². The molecule has 0 unspecified atom stereocenters. The molecular weight excluding hydrogens is 224 g/mol. The van der Waals surface area contributed by atoms with Crippen LogP contribution in [0.2, 0.25) is 0 Å². The molecule has 0 aliphatic heterocycles. The molecule has 18 heavy (non-hydrogen) atoms. The number of nitrogens with zero attached hydrogens (tertiary/aromatic N) is 1. The zero-order valence-corrected chi connectivity index (χ0v) is 11.1. The van der Waals surface area contributed by atoms with Crippen molar-refractivity contribution < 1.29 is 4.74 Å². The third-order valence-electron chi connectivity index (χ3n) is 3.89. The average molecular weight is 244 g/mol. The molecule has 1 heterocycles. The molecule has 96 valence electrons. The van der Waals surface area contributed by atoms with Crippen molar-refractivity contribution in [2.75, 3.05) is 13.7 Å². The van der Waals surface area contributed by atoms with Crippen LogP contribution in [0.4, 0.5) is 0 Å². The highest BCUT2D eigenvalue weighted by atomic mass is 16.5. The van der Waals surface area contributed by atoms with Crippen LogP contribution in [0.5, 0.6) is 5.75 Å². The van der Waals surface area contributed by atoms with Crippen LogP contribution in [0, 0.1) is 6.92 Å². The monoisotopic (exact) mass is 244 g/mol. The number of rotatable bonds is 4. The van der Waals surface area contributed by atoms with Crippen molar-refractivity contribution in [3.8, 4) is 5.75 Å². The number of aromatic nitrogens is 1. The van der Waals surface area contributed by atoms with Gasteiger partial charge in [-0.1, -0.05) is 0 Å². The maximum absolute atomic E-state index is 5.76. The van der Waals surface area contributed by atoms with E-state index in [2.05, 4.69) is 23.6 Å². The predicted octanol–water partition coefficient (Wildman–Crippen LogP) is 2.79. The predicted molar refractivity (Wildman–Crippen MR) is 74.3 cm³/mol. The Bertz CT molecular complexity index is 582. The van der Waals surface area contributed by atoms with Crippen molar-refractivity contribution in [1.29, 1.82) is 0 Å². The molecule has 2 aromatic rings. The second-order valence-corrected chi connectivity index (χ2v) is 5.09. The van der Waals surface area contributed by atoms with Crippen LogP contribution in [0.15, 0.2) is 18.2 Å². The quantitative estimate of drug-likeness (QED) is 0.898. The molecule has 0 spiro atoms. The van der Waals surface area contributed by atoms with Crippen LogP contribution in [0.25, 0.3) is 10.9 Å². The largest absolute Gasteiger partial charge is 0.497 e. The molecule has 1 aliphatic carbocycles. The summed E-state index contributed by atoms with van der Waals surface area (Å²) in [7, 11) is 1.72. The van der Waals surface area contributed by atoms with Crippen LogP contribution in [-0.4, -0.2) is 18.2 Å². The summed E-state index contributed by atoms with van der Waals surface area (Å²) in [4.78, 5) is 0. The fourth-order valence-corrected chi connectivity index (χ4v) is 2.83. The molecule has 0 saturated heterocycles. The first-order valence-electron chi connectivity index (χ1n) is 6.63. The van der Waals surface area contributed by atoms with Gasteiger partial charge in [0.25, 0.3) is 0 Å². The molecule has 1 aromatic carbocycles. The first-order chi connectivity index (χ1) is 8.76. The van der Waals surface area contributed by atoms with Gasteiger partial charge < -0.3 is 15.0 Å². The van der Waals surface area contributed by atoms with Gasteiger partial charge in [0.1, 0.15) is 5.75 Å². The Morgan fingerprint density at radius 1 is 1.39 bits per heavy atom. The summed E-state index contributed by atoms with van der Waals surface area (Å²) in [6.45, 7) is 2.92. The lowest BCUT2D eigenvalue weighted by Gasteiger charge is -2.09. The van der Waals surface area contributed by atoms with Gasteiger partial charge in [0.2, 0.25) is 0 Å². The van der Waals surface area contributed by atoms with Crippen molar-refractivity contribution in [3.63, 3.8) is 0 Å². The van der Waals surface area contributed by atoms with Crippen LogP contribution < -0.4 is 10.5 Å². The number of fused-ring (bicyclic) bond motifs is 1. The summed E-state index contributed by atoms with van der Waals surface area (Å²) >= 11 is 0. The van der Waals surface area contributed by atoms with Gasteiger partial charge in [-0.05, 0) is 44.0 Å². The molecule has 2 N–H and O–H groups in total. The van der Waals surface area contributed by atoms with E-state index in [0.29, 0.717) is 12.6 Å². The fraction of sp³-hybridized carbons (Fsp3) is 0.467. The fourth-order valence-electron chi connectivity index (χ4n) is 2.83. The van der Waals surface area contributed by atoms with Crippen molar-refractivity contribution in [1.82, 2.24) is 4.57 Å². The average Bonchev–Trinajstić information content (AvgIpc) is 3.18. The van der Waals surface area contributed by atoms with Gasteiger partial charge in [0.05, 0.1) is 12.6 Å². The topological polar surface area (TPSA) is 40.2 Å². The van der Waals surface area contributed by atoms with E-state index in [0.717, 1.165) is 12.2 Å². The molecule has 3 nitrogen and oxygen atoms in total. The first kappa shape index (κ1) is 11.6. The van der Waals surface area contributed by atoms with E-state index in [1.165, 1.54) is 35.0 Å². The van der Waals surface area contributed by atoms with Crippen molar-refractivity contribution in [3.05, 3.63) is 29.5 Å². The van der Waals surface area contributed by atoms with Crippen molar-refractivity contribution in [2.45, 2.75) is 32.2 Å². The van der Waals surface area contributed by atoms with Crippen molar-refractivity contribution >= 4 is 10.9 Å². The van der Waals surface area contributed by atoms with Gasteiger partial charge in [0, 0.05) is 29.6 Å². The lowest BCUT2D eigenvalue weighted by atomic mass is 10.1. The zero-order valence-electron chi connectivity index (χ0n) is 11.1. The van der Waals surface area contributed by atoms with Crippen LogP contribution >= 0.6 is 0 Å². The molecule has 1 fully saturated rings. The lowest BCUT2D eigenvalue weighted by Crippen LogP contribution is -2.09. The van der Waals surface area contributed by atoms with Crippen molar-refractivity contribution in [2.24, 2.45) is 5.73 Å². The van der Waals surface area contributed by atoms with Gasteiger partial charge in [-0.3, -0.25) is 0 Å². The SMILES string of the molecule is COc1ccc2c(C)c(CCN)n(C3CC3)c2c1. The first-order valence-corrected chi connectivity index (χ1v) is 6.63. The summed E-state index contributed by atoms with van der Waals surface area (Å²) in [6.07, 6.45) is 3.54. The standard InChI is InChI=1S/C15H20N2O/c1-10-13-6-5-12(18-2)9-15(13)17(11-3-4-11)14(10)7-8-16/h5-6,9,11H,3-4,7-8,16H2,1-2H3. The highest BCUT2D eigenvalue weighted by Crippen LogP contribution is 2.42. The highest BCUT2D eigenvalue weighted by Gasteiger charge is 2.28. The number of hydrogen-bond acceptors (Lipinski definition) is 2. The van der Waals surface area contributed by atoms with Gasteiger partial charge >= 0.3 is 0 Å². The van der Waals surface area contributed by atoms with E-state index in [9.17, 15) is 0 Å². The molecule has 0 bridgehead atoms. The summed E-state index contributed by atoms with van der Waals surface area (Å²) in [5.41, 5.74) is 9.85. The molecule has 1 aliphatic rings. The normalized spacial score (nSPS) is 15.3.